The molecular weight excluding hydrogens is 618 g/mol. The summed E-state index contributed by atoms with van der Waals surface area (Å²) in [5, 5.41) is -0.449. The molecule has 1 aliphatic heterocycles. The third-order valence-electron chi connectivity index (χ3n) is 7.34. The van der Waals surface area contributed by atoms with Crippen LogP contribution in [0, 0.1) is 18.6 Å². The maximum Gasteiger partial charge on any atom is 0.286 e. The molecule has 3 aromatic heterocycles. The number of aromatic nitrogens is 4. The summed E-state index contributed by atoms with van der Waals surface area (Å²) in [4.78, 5) is 25.2. The molecule has 4 heterocycles. The van der Waals surface area contributed by atoms with Crippen LogP contribution in [0.2, 0.25) is 0 Å². The fourth-order valence-corrected chi connectivity index (χ4v) is 6.22. The largest absolute Gasteiger partial charge is 0.454 e. The number of aryl methyl sites for hydroxylation is 1. The summed E-state index contributed by atoms with van der Waals surface area (Å²) >= 11 is 0. The van der Waals surface area contributed by atoms with E-state index in [-0.39, 0.29) is 37.6 Å². The van der Waals surface area contributed by atoms with Crippen LogP contribution in [-0.2, 0) is 27.7 Å². The van der Waals surface area contributed by atoms with E-state index in [9.17, 15) is 22.0 Å². The van der Waals surface area contributed by atoms with Crippen molar-refractivity contribution in [3.8, 4) is 22.8 Å². The van der Waals surface area contributed by atoms with Gasteiger partial charge in [-0.05, 0) is 60.9 Å². The molecular formula is C33H28F2N4O6S. The zero-order chi connectivity index (χ0) is 32.3. The van der Waals surface area contributed by atoms with Crippen molar-refractivity contribution in [2.24, 2.45) is 0 Å². The van der Waals surface area contributed by atoms with Crippen molar-refractivity contribution in [3.05, 3.63) is 130 Å². The van der Waals surface area contributed by atoms with E-state index in [0.29, 0.717) is 33.9 Å². The van der Waals surface area contributed by atoms with Crippen LogP contribution in [0.15, 0.2) is 95.3 Å². The Bertz CT molecular complexity index is 2060. The van der Waals surface area contributed by atoms with Crippen molar-refractivity contribution in [2.75, 3.05) is 12.5 Å². The maximum absolute atomic E-state index is 14.9. The van der Waals surface area contributed by atoms with Gasteiger partial charge in [-0.3, -0.25) is 9.78 Å². The summed E-state index contributed by atoms with van der Waals surface area (Å²) in [5.41, 5.74) is 1.43. The monoisotopic (exact) mass is 646 g/mol. The molecule has 2 aromatic carbocycles. The molecule has 46 heavy (non-hydrogen) atoms. The summed E-state index contributed by atoms with van der Waals surface area (Å²) in [5.74, 6) is -0.758. The molecule has 1 unspecified atom stereocenters. The lowest BCUT2D eigenvalue weighted by atomic mass is 10.1. The van der Waals surface area contributed by atoms with Gasteiger partial charge < -0.3 is 18.8 Å². The number of hydrogen-bond acceptors (Lipinski definition) is 9. The number of pyridine rings is 2. The highest BCUT2D eigenvalue weighted by molar-refractivity contribution is 7.91. The molecule has 1 aliphatic rings. The van der Waals surface area contributed by atoms with E-state index in [2.05, 4.69) is 15.0 Å². The molecule has 0 spiro atoms. The lowest BCUT2D eigenvalue weighted by molar-refractivity contribution is 0.0359. The first kappa shape index (κ1) is 31.0. The Hall–Kier alpha value is -5.01. The Kier molecular flexibility index (Phi) is 8.86. The Morgan fingerprint density at radius 2 is 1.80 bits per heavy atom. The molecule has 0 bridgehead atoms. The number of nitrogens with zero attached hydrogens (tertiary/aromatic N) is 4. The SMILES string of the molecule is Cc1cc(-c2cc(F)c(=O)n(Cc3ccc4c(c3)OCO4)c2)nc(S(=O)(=O)CCC(OCc2ccccc2F)c2cccnc2)n1. The fraction of sp³-hybridized carbons (Fsp3) is 0.212. The van der Waals surface area contributed by atoms with Crippen LogP contribution in [0.5, 0.6) is 11.5 Å². The zero-order valence-electron chi connectivity index (χ0n) is 24.6. The standard InChI is InChI=1S/C33H28F2N4O6S/c1-21-13-28(25-15-27(35)32(40)39(18-25)17-22-8-9-30-31(14-22)45-20-44-30)38-33(37-21)46(41,42)12-10-29(23-6-4-11-36-16-23)43-19-24-5-2-3-7-26(24)34/h2-9,11,13-16,18,29H,10,12,17,19-20H2,1H3. The molecule has 0 amide bonds. The van der Waals surface area contributed by atoms with Gasteiger partial charge in [0.2, 0.25) is 21.8 Å². The fourth-order valence-electron chi connectivity index (χ4n) is 4.99. The Morgan fingerprint density at radius 3 is 2.61 bits per heavy atom. The summed E-state index contributed by atoms with van der Waals surface area (Å²) in [7, 11) is -4.08. The molecule has 0 radical (unpaired) electrons. The third-order valence-corrected chi connectivity index (χ3v) is 8.85. The zero-order valence-corrected chi connectivity index (χ0v) is 25.4. The van der Waals surface area contributed by atoms with Gasteiger partial charge in [0.25, 0.3) is 5.56 Å². The highest BCUT2D eigenvalue weighted by atomic mass is 32.2. The average molecular weight is 647 g/mol. The normalized spacial score (nSPS) is 13.1. The molecule has 0 N–H and O–H groups in total. The minimum absolute atomic E-state index is 0.00412. The van der Waals surface area contributed by atoms with E-state index in [1.807, 2.05) is 0 Å². The van der Waals surface area contributed by atoms with Crippen LogP contribution < -0.4 is 15.0 Å². The molecule has 0 saturated carbocycles. The predicted octanol–water partition coefficient (Wildman–Crippen LogP) is 5.19. The number of benzene rings is 2. The van der Waals surface area contributed by atoms with Gasteiger partial charge in [-0.15, -0.1) is 0 Å². The van der Waals surface area contributed by atoms with Gasteiger partial charge in [0, 0.05) is 35.4 Å². The average Bonchev–Trinajstić information content (AvgIpc) is 3.52. The van der Waals surface area contributed by atoms with Crippen LogP contribution in [-0.4, -0.2) is 40.5 Å². The van der Waals surface area contributed by atoms with Crippen LogP contribution in [0.3, 0.4) is 0 Å². The second-order valence-electron chi connectivity index (χ2n) is 10.7. The topological polar surface area (TPSA) is 123 Å². The minimum atomic E-state index is -4.08. The quantitative estimate of drug-likeness (QED) is 0.179. The summed E-state index contributed by atoms with van der Waals surface area (Å²) < 4.78 is 74.1. The van der Waals surface area contributed by atoms with Gasteiger partial charge in [-0.2, -0.15) is 0 Å². The van der Waals surface area contributed by atoms with Crippen LogP contribution in [0.25, 0.3) is 11.3 Å². The van der Waals surface area contributed by atoms with Crippen molar-refractivity contribution >= 4 is 9.84 Å². The molecule has 0 saturated heterocycles. The lowest BCUT2D eigenvalue weighted by Gasteiger charge is -2.18. The summed E-state index contributed by atoms with van der Waals surface area (Å²) in [6, 6.07) is 17.3. The van der Waals surface area contributed by atoms with E-state index in [0.717, 1.165) is 6.07 Å². The van der Waals surface area contributed by atoms with Crippen molar-refractivity contribution in [1.29, 1.82) is 0 Å². The second kappa shape index (κ2) is 13.2. The summed E-state index contributed by atoms with van der Waals surface area (Å²) in [6.45, 7) is 1.63. The van der Waals surface area contributed by atoms with Crippen LogP contribution in [0.1, 0.15) is 34.9 Å². The molecule has 10 nitrogen and oxygen atoms in total. The Balaban J connectivity index is 1.24. The van der Waals surface area contributed by atoms with E-state index >= 15 is 0 Å². The summed E-state index contributed by atoms with van der Waals surface area (Å²) in [6.07, 6.45) is 3.85. The van der Waals surface area contributed by atoms with Crippen LogP contribution >= 0.6 is 0 Å². The van der Waals surface area contributed by atoms with E-state index in [1.165, 1.54) is 22.9 Å². The first-order valence-corrected chi connectivity index (χ1v) is 15.9. The maximum atomic E-state index is 14.9. The highest BCUT2D eigenvalue weighted by Gasteiger charge is 2.24. The molecule has 5 aromatic rings. The van der Waals surface area contributed by atoms with Crippen molar-refractivity contribution < 1.29 is 31.4 Å². The molecule has 1 atom stereocenters. The van der Waals surface area contributed by atoms with Crippen LogP contribution in [0.4, 0.5) is 8.78 Å². The molecule has 236 valence electrons. The smallest absolute Gasteiger partial charge is 0.286 e. The number of rotatable bonds is 11. The number of fused-ring (bicyclic) bond motifs is 1. The number of hydrogen-bond donors (Lipinski definition) is 0. The Morgan fingerprint density at radius 1 is 0.978 bits per heavy atom. The molecule has 6 rings (SSSR count). The number of halogens is 2. The highest BCUT2D eigenvalue weighted by Crippen LogP contribution is 2.33. The third kappa shape index (κ3) is 6.95. The lowest BCUT2D eigenvalue weighted by Crippen LogP contribution is -2.23. The molecule has 0 fully saturated rings. The van der Waals surface area contributed by atoms with E-state index in [1.54, 1.807) is 67.8 Å². The van der Waals surface area contributed by atoms with Gasteiger partial charge in [0.15, 0.2) is 17.3 Å². The first-order valence-electron chi connectivity index (χ1n) is 14.3. The van der Waals surface area contributed by atoms with E-state index < -0.39 is 44.0 Å². The van der Waals surface area contributed by atoms with Gasteiger partial charge in [0.05, 0.1) is 30.7 Å². The number of sulfone groups is 1. The van der Waals surface area contributed by atoms with Gasteiger partial charge in [-0.1, -0.05) is 30.3 Å². The molecule has 13 heteroatoms. The van der Waals surface area contributed by atoms with Crippen molar-refractivity contribution in [1.82, 2.24) is 19.5 Å². The second-order valence-corrected chi connectivity index (χ2v) is 12.7. The first-order chi connectivity index (χ1) is 22.2. The van der Waals surface area contributed by atoms with Gasteiger partial charge >= 0.3 is 0 Å². The van der Waals surface area contributed by atoms with Gasteiger partial charge in [0.1, 0.15) is 5.82 Å². The number of ether oxygens (including phenoxy) is 3. The van der Waals surface area contributed by atoms with Crippen molar-refractivity contribution in [2.45, 2.75) is 37.8 Å². The molecule has 0 aliphatic carbocycles. The van der Waals surface area contributed by atoms with Gasteiger partial charge in [-0.25, -0.2) is 27.2 Å². The predicted molar refractivity (Wildman–Crippen MR) is 163 cm³/mol. The van der Waals surface area contributed by atoms with E-state index in [4.69, 9.17) is 14.2 Å². The Labute approximate surface area is 263 Å². The van der Waals surface area contributed by atoms with Crippen molar-refractivity contribution in [3.63, 3.8) is 0 Å². The minimum Gasteiger partial charge on any atom is -0.454 e.